The monoisotopic (exact) mass is 323 g/mol. The van der Waals surface area contributed by atoms with E-state index in [0.717, 1.165) is 5.75 Å². The molecule has 1 aromatic heterocycles. The summed E-state index contributed by atoms with van der Waals surface area (Å²) in [5, 5.41) is 14.9. The average molecular weight is 323 g/mol. The summed E-state index contributed by atoms with van der Waals surface area (Å²) in [6.45, 7) is 1.33. The molecule has 112 valence electrons. The molecule has 1 aromatic carbocycles. The van der Waals surface area contributed by atoms with E-state index in [0.29, 0.717) is 12.2 Å². The van der Waals surface area contributed by atoms with Crippen molar-refractivity contribution in [2.45, 2.75) is 25.1 Å². The van der Waals surface area contributed by atoms with Crippen LogP contribution in [0.1, 0.15) is 18.9 Å². The van der Waals surface area contributed by atoms with Gasteiger partial charge in [-0.3, -0.25) is 4.79 Å². The number of thiophene rings is 1. The van der Waals surface area contributed by atoms with Crippen molar-refractivity contribution < 1.29 is 14.7 Å². The second-order valence-corrected chi connectivity index (χ2v) is 6.71. The number of nitrogens with one attached hydrogen (secondary N) is 1. The number of carbonyl (C=O) groups excluding carboxylic acids is 1. The number of thioether (sulfide) groups is 1. The van der Waals surface area contributed by atoms with Crippen LogP contribution in [-0.4, -0.2) is 28.8 Å². The highest BCUT2D eigenvalue weighted by Gasteiger charge is 2.17. The molecule has 0 spiro atoms. The van der Waals surface area contributed by atoms with Crippen molar-refractivity contribution in [2.24, 2.45) is 0 Å². The molecule has 0 aliphatic carbocycles. The molecule has 21 heavy (non-hydrogen) atoms. The molecule has 1 unspecified atom stereocenters. The molecule has 0 bridgehead atoms. The van der Waals surface area contributed by atoms with Crippen LogP contribution in [0.5, 0.6) is 0 Å². The predicted molar refractivity (Wildman–Crippen MR) is 87.8 cm³/mol. The zero-order chi connectivity index (χ0) is 15.2. The first-order valence-electron chi connectivity index (χ1n) is 6.60. The second-order valence-electron chi connectivity index (χ2n) is 4.69. The first kappa shape index (κ1) is 15.9. The summed E-state index contributed by atoms with van der Waals surface area (Å²) in [6.07, 6.45) is 0.432. The van der Waals surface area contributed by atoms with Crippen LogP contribution in [0.2, 0.25) is 0 Å². The van der Waals surface area contributed by atoms with Gasteiger partial charge in [0.05, 0.1) is 0 Å². The summed E-state index contributed by atoms with van der Waals surface area (Å²) in [5.41, 5.74) is 1.28. The minimum atomic E-state index is -0.980. The summed E-state index contributed by atoms with van der Waals surface area (Å²) < 4.78 is 1.27. The summed E-state index contributed by atoms with van der Waals surface area (Å²) in [4.78, 5) is 22.0. The molecule has 6 heteroatoms. The van der Waals surface area contributed by atoms with Crippen LogP contribution in [0.4, 0.5) is 0 Å². The number of rotatable bonds is 7. The topological polar surface area (TPSA) is 66.4 Å². The molecular weight excluding hydrogens is 306 g/mol. The van der Waals surface area contributed by atoms with Crippen molar-refractivity contribution in [1.29, 1.82) is 0 Å². The minimum absolute atomic E-state index is 0.309. The molecule has 4 nitrogen and oxygen atoms in total. The third-order valence-corrected chi connectivity index (χ3v) is 5.10. The van der Waals surface area contributed by atoms with Gasteiger partial charge in [0.2, 0.25) is 5.91 Å². The van der Waals surface area contributed by atoms with E-state index in [4.69, 9.17) is 5.11 Å². The number of hydrogen-bond donors (Lipinski definition) is 2. The van der Waals surface area contributed by atoms with Gasteiger partial charge in [-0.1, -0.05) is 18.2 Å². The largest absolute Gasteiger partial charge is 0.480 e. The van der Waals surface area contributed by atoms with Gasteiger partial charge in [0.15, 0.2) is 0 Å². The van der Waals surface area contributed by atoms with Gasteiger partial charge in [-0.2, -0.15) is 11.8 Å². The van der Waals surface area contributed by atoms with E-state index >= 15 is 0 Å². The SMILES string of the molecule is CC(=O)NC(CCSCc1csc2ccccc12)C(=O)O. The lowest BCUT2D eigenvalue weighted by Gasteiger charge is -2.12. The predicted octanol–water partition coefficient (Wildman–Crippen LogP) is 3.11. The molecular formula is C15H17NO3S2. The van der Waals surface area contributed by atoms with Crippen LogP contribution in [0.15, 0.2) is 29.6 Å². The maximum Gasteiger partial charge on any atom is 0.326 e. The Labute approximate surface area is 131 Å². The van der Waals surface area contributed by atoms with Crippen molar-refractivity contribution in [3.8, 4) is 0 Å². The maximum atomic E-state index is 11.0. The van der Waals surface area contributed by atoms with E-state index in [1.54, 1.807) is 23.1 Å². The van der Waals surface area contributed by atoms with Gasteiger partial charge >= 0.3 is 5.97 Å². The molecule has 0 saturated heterocycles. The fourth-order valence-electron chi connectivity index (χ4n) is 2.03. The Morgan fingerprint density at radius 3 is 2.86 bits per heavy atom. The van der Waals surface area contributed by atoms with Crippen molar-refractivity contribution in [3.05, 3.63) is 35.2 Å². The third-order valence-electron chi connectivity index (χ3n) is 3.05. The molecule has 2 N–H and O–H groups in total. The molecule has 0 fully saturated rings. The van der Waals surface area contributed by atoms with E-state index in [1.165, 1.54) is 22.6 Å². The maximum absolute atomic E-state index is 11.0. The number of carboxylic acid groups (broad SMARTS) is 1. The smallest absolute Gasteiger partial charge is 0.326 e. The highest BCUT2D eigenvalue weighted by atomic mass is 32.2. The molecule has 1 atom stereocenters. The Morgan fingerprint density at radius 2 is 2.14 bits per heavy atom. The summed E-state index contributed by atoms with van der Waals surface area (Å²) in [7, 11) is 0. The van der Waals surface area contributed by atoms with Gasteiger partial charge in [0.1, 0.15) is 6.04 Å². The number of hydrogen-bond acceptors (Lipinski definition) is 4. The highest BCUT2D eigenvalue weighted by molar-refractivity contribution is 7.98. The zero-order valence-corrected chi connectivity index (χ0v) is 13.3. The van der Waals surface area contributed by atoms with Crippen LogP contribution >= 0.6 is 23.1 Å². The summed E-state index contributed by atoms with van der Waals surface area (Å²) in [6, 6.07) is 7.47. The minimum Gasteiger partial charge on any atom is -0.480 e. The molecule has 1 amide bonds. The third kappa shape index (κ3) is 4.47. The van der Waals surface area contributed by atoms with Crippen molar-refractivity contribution >= 4 is 45.1 Å². The van der Waals surface area contributed by atoms with E-state index in [9.17, 15) is 9.59 Å². The fourth-order valence-corrected chi connectivity index (χ4v) is 4.10. The Kier molecular flexibility index (Phi) is 5.64. The quantitative estimate of drug-likeness (QED) is 0.768. The Hall–Kier alpha value is -1.53. The number of benzene rings is 1. The number of amides is 1. The Bertz CT molecular complexity index is 639. The molecule has 2 rings (SSSR count). The van der Waals surface area contributed by atoms with Crippen molar-refractivity contribution in [3.63, 3.8) is 0 Å². The lowest BCUT2D eigenvalue weighted by molar-refractivity contribution is -0.141. The van der Waals surface area contributed by atoms with Crippen LogP contribution < -0.4 is 5.32 Å². The Morgan fingerprint density at radius 1 is 1.38 bits per heavy atom. The second kappa shape index (κ2) is 7.47. The molecule has 0 saturated carbocycles. The van der Waals surface area contributed by atoms with E-state index in [1.807, 2.05) is 12.1 Å². The van der Waals surface area contributed by atoms with Gasteiger partial charge in [-0.25, -0.2) is 4.79 Å². The molecule has 2 aromatic rings. The first-order valence-corrected chi connectivity index (χ1v) is 8.64. The van der Waals surface area contributed by atoms with Crippen molar-refractivity contribution in [2.75, 3.05) is 5.75 Å². The van der Waals surface area contributed by atoms with Gasteiger partial charge < -0.3 is 10.4 Å². The Balaban J connectivity index is 1.84. The summed E-state index contributed by atoms with van der Waals surface area (Å²) >= 11 is 3.42. The summed E-state index contributed by atoms with van der Waals surface area (Å²) in [5.74, 6) is 0.265. The van der Waals surface area contributed by atoms with Gasteiger partial charge in [0.25, 0.3) is 0 Å². The number of fused-ring (bicyclic) bond motifs is 1. The van der Waals surface area contributed by atoms with Crippen LogP contribution in [-0.2, 0) is 15.3 Å². The lowest BCUT2D eigenvalue weighted by Crippen LogP contribution is -2.39. The van der Waals surface area contributed by atoms with Crippen molar-refractivity contribution in [1.82, 2.24) is 5.32 Å². The lowest BCUT2D eigenvalue weighted by atomic mass is 10.2. The zero-order valence-electron chi connectivity index (χ0n) is 11.7. The fraction of sp³-hybridized carbons (Fsp3) is 0.333. The van der Waals surface area contributed by atoms with Gasteiger partial charge in [-0.15, -0.1) is 11.3 Å². The first-order chi connectivity index (χ1) is 10.1. The molecule has 0 aliphatic heterocycles. The normalized spacial score (nSPS) is 12.2. The van der Waals surface area contributed by atoms with E-state index < -0.39 is 12.0 Å². The van der Waals surface area contributed by atoms with Crippen LogP contribution in [0, 0.1) is 0 Å². The number of aliphatic carboxylic acids is 1. The average Bonchev–Trinajstić information content (AvgIpc) is 2.85. The molecule has 1 heterocycles. The number of carboxylic acids is 1. The van der Waals surface area contributed by atoms with Crippen LogP contribution in [0.3, 0.4) is 0 Å². The standard InChI is InChI=1S/C15H17NO3S2/c1-10(17)16-13(15(18)19)6-7-20-8-11-9-21-14-5-3-2-4-12(11)14/h2-5,9,13H,6-8H2,1H3,(H,16,17)(H,18,19). The van der Waals surface area contributed by atoms with Gasteiger partial charge in [0, 0.05) is 17.4 Å². The number of carbonyl (C=O) groups is 2. The highest BCUT2D eigenvalue weighted by Crippen LogP contribution is 2.28. The van der Waals surface area contributed by atoms with Crippen LogP contribution in [0.25, 0.3) is 10.1 Å². The van der Waals surface area contributed by atoms with E-state index in [2.05, 4.69) is 22.8 Å². The molecule has 0 radical (unpaired) electrons. The van der Waals surface area contributed by atoms with Gasteiger partial charge in [-0.05, 0) is 34.6 Å². The molecule has 0 aliphatic rings. The van der Waals surface area contributed by atoms with E-state index in [-0.39, 0.29) is 5.91 Å².